The Morgan fingerprint density at radius 2 is 2.03 bits per heavy atom. The molecule has 1 fully saturated rings. The number of hydrogen-bond acceptors (Lipinski definition) is 7. The van der Waals surface area contributed by atoms with Crippen molar-refractivity contribution < 1.29 is 9.32 Å². The van der Waals surface area contributed by atoms with Gasteiger partial charge in [0.25, 0.3) is 0 Å². The summed E-state index contributed by atoms with van der Waals surface area (Å²) >= 11 is 1.52. The molecule has 1 aliphatic rings. The largest absolute Gasteiger partial charge is 0.370 e. The normalized spacial score (nSPS) is 13.9. The van der Waals surface area contributed by atoms with Crippen molar-refractivity contribution >= 4 is 17.7 Å². The van der Waals surface area contributed by atoms with Gasteiger partial charge in [0, 0.05) is 24.4 Å². The molecule has 8 nitrogen and oxygen atoms in total. The minimum Gasteiger partial charge on any atom is -0.370 e. The summed E-state index contributed by atoms with van der Waals surface area (Å²) in [5, 5.41) is 13.5. The highest BCUT2D eigenvalue weighted by Gasteiger charge is 2.29. The average molecular weight is 413 g/mol. The van der Waals surface area contributed by atoms with Crippen molar-refractivity contribution in [2.75, 3.05) is 0 Å². The van der Waals surface area contributed by atoms with Gasteiger partial charge < -0.3 is 14.8 Å². The molecular formula is C20H24N6O2S. The van der Waals surface area contributed by atoms with Crippen molar-refractivity contribution in [2.24, 2.45) is 5.73 Å². The predicted octanol–water partition coefficient (Wildman–Crippen LogP) is 3.50. The molecule has 1 saturated carbocycles. The molecule has 2 aromatic heterocycles. The van der Waals surface area contributed by atoms with E-state index in [0.29, 0.717) is 35.8 Å². The van der Waals surface area contributed by atoms with Crippen LogP contribution in [0.3, 0.4) is 0 Å². The SMILES string of the molecule is CC(C)c1ccc(-c2noc(CSc3nnc(CCC(N)=O)n3C3CC3)n2)cc1. The molecule has 1 aliphatic carbocycles. The molecule has 1 amide bonds. The van der Waals surface area contributed by atoms with Crippen LogP contribution in [0.5, 0.6) is 0 Å². The van der Waals surface area contributed by atoms with Crippen molar-refractivity contribution in [2.45, 2.75) is 62.4 Å². The molecule has 29 heavy (non-hydrogen) atoms. The Bertz CT molecular complexity index is 991. The van der Waals surface area contributed by atoms with E-state index in [0.717, 1.165) is 29.4 Å². The molecular weight excluding hydrogens is 388 g/mol. The monoisotopic (exact) mass is 412 g/mol. The number of primary amides is 1. The first-order valence-corrected chi connectivity index (χ1v) is 10.8. The molecule has 1 aromatic carbocycles. The zero-order valence-corrected chi connectivity index (χ0v) is 17.4. The number of hydrogen-bond donors (Lipinski definition) is 1. The number of carbonyl (C=O) groups excluding carboxylic acids is 1. The second-order valence-electron chi connectivity index (χ2n) is 7.54. The maximum absolute atomic E-state index is 11.1. The molecule has 9 heteroatoms. The van der Waals surface area contributed by atoms with Gasteiger partial charge in [-0.2, -0.15) is 4.98 Å². The molecule has 0 bridgehead atoms. The first-order valence-electron chi connectivity index (χ1n) is 9.79. The lowest BCUT2D eigenvalue weighted by Crippen LogP contribution is -2.13. The van der Waals surface area contributed by atoms with Gasteiger partial charge in [-0.25, -0.2) is 0 Å². The third-order valence-electron chi connectivity index (χ3n) is 4.87. The number of rotatable bonds is 9. The quantitative estimate of drug-likeness (QED) is 0.535. The number of benzene rings is 1. The van der Waals surface area contributed by atoms with E-state index in [4.69, 9.17) is 10.3 Å². The number of thioether (sulfide) groups is 1. The second-order valence-corrected chi connectivity index (χ2v) is 8.49. The van der Waals surface area contributed by atoms with E-state index in [1.807, 2.05) is 12.1 Å². The van der Waals surface area contributed by atoms with Gasteiger partial charge in [0.05, 0.1) is 5.75 Å². The van der Waals surface area contributed by atoms with Crippen LogP contribution in [0.2, 0.25) is 0 Å². The summed E-state index contributed by atoms with van der Waals surface area (Å²) < 4.78 is 7.54. The van der Waals surface area contributed by atoms with Crippen LogP contribution < -0.4 is 5.73 Å². The van der Waals surface area contributed by atoms with E-state index in [1.165, 1.54) is 17.3 Å². The standard InChI is InChI=1S/C20H24N6O2S/c1-12(2)13-3-5-14(6-4-13)19-22-18(28-25-19)11-29-20-24-23-17(10-9-16(21)27)26(20)15-7-8-15/h3-6,12,15H,7-11H2,1-2H3,(H2,21,27). The Balaban J connectivity index is 1.43. The lowest BCUT2D eigenvalue weighted by Gasteiger charge is -2.07. The highest BCUT2D eigenvalue weighted by Crippen LogP contribution is 2.39. The summed E-state index contributed by atoms with van der Waals surface area (Å²) in [6.07, 6.45) is 2.99. The Morgan fingerprint density at radius 1 is 1.28 bits per heavy atom. The molecule has 4 rings (SSSR count). The molecule has 0 saturated heterocycles. The minimum absolute atomic E-state index is 0.276. The van der Waals surface area contributed by atoms with E-state index < -0.39 is 0 Å². The fraction of sp³-hybridized carbons (Fsp3) is 0.450. The Hall–Kier alpha value is -2.68. The minimum atomic E-state index is -0.329. The molecule has 2 heterocycles. The summed E-state index contributed by atoms with van der Waals surface area (Å²) in [4.78, 5) is 15.6. The van der Waals surface area contributed by atoms with Gasteiger partial charge in [-0.15, -0.1) is 10.2 Å². The van der Waals surface area contributed by atoms with Gasteiger partial charge in [-0.3, -0.25) is 4.79 Å². The molecule has 2 N–H and O–H groups in total. The summed E-state index contributed by atoms with van der Waals surface area (Å²) in [6.45, 7) is 4.33. The number of carbonyl (C=O) groups is 1. The first-order chi connectivity index (χ1) is 14.0. The Labute approximate surface area is 173 Å². The molecule has 3 aromatic rings. The van der Waals surface area contributed by atoms with Crippen molar-refractivity contribution in [3.8, 4) is 11.4 Å². The number of aromatic nitrogens is 5. The van der Waals surface area contributed by atoms with Crippen LogP contribution in [-0.4, -0.2) is 30.8 Å². The lowest BCUT2D eigenvalue weighted by molar-refractivity contribution is -0.118. The van der Waals surface area contributed by atoms with Crippen molar-refractivity contribution in [3.63, 3.8) is 0 Å². The van der Waals surface area contributed by atoms with E-state index in [2.05, 4.69) is 50.9 Å². The fourth-order valence-electron chi connectivity index (χ4n) is 3.08. The average Bonchev–Trinajstić information content (AvgIpc) is 3.28. The number of nitrogens with zero attached hydrogens (tertiary/aromatic N) is 5. The van der Waals surface area contributed by atoms with Gasteiger partial charge >= 0.3 is 0 Å². The molecule has 0 atom stereocenters. The zero-order chi connectivity index (χ0) is 20.4. The van der Waals surface area contributed by atoms with Gasteiger partial charge in [0.15, 0.2) is 5.16 Å². The van der Waals surface area contributed by atoms with E-state index in [1.54, 1.807) is 0 Å². The molecule has 0 spiro atoms. The van der Waals surface area contributed by atoms with Crippen molar-refractivity contribution in [1.29, 1.82) is 0 Å². The smallest absolute Gasteiger partial charge is 0.237 e. The second kappa shape index (κ2) is 8.36. The summed E-state index contributed by atoms with van der Waals surface area (Å²) in [7, 11) is 0. The topological polar surface area (TPSA) is 113 Å². The third-order valence-corrected chi connectivity index (χ3v) is 5.80. The van der Waals surface area contributed by atoms with Crippen LogP contribution in [0.15, 0.2) is 33.9 Å². The van der Waals surface area contributed by atoms with Crippen molar-refractivity contribution in [1.82, 2.24) is 24.9 Å². The van der Waals surface area contributed by atoms with Crippen LogP contribution >= 0.6 is 11.8 Å². The van der Waals surface area contributed by atoms with Crippen LogP contribution in [0.25, 0.3) is 11.4 Å². The van der Waals surface area contributed by atoms with Crippen LogP contribution in [-0.2, 0) is 17.0 Å². The molecule has 152 valence electrons. The van der Waals surface area contributed by atoms with E-state index in [-0.39, 0.29) is 12.3 Å². The Morgan fingerprint density at radius 3 is 2.69 bits per heavy atom. The number of nitrogens with two attached hydrogens (primary N) is 1. The Kier molecular flexibility index (Phi) is 5.66. The highest BCUT2D eigenvalue weighted by molar-refractivity contribution is 7.98. The zero-order valence-electron chi connectivity index (χ0n) is 16.5. The van der Waals surface area contributed by atoms with Crippen LogP contribution in [0.1, 0.15) is 62.3 Å². The van der Waals surface area contributed by atoms with Gasteiger partial charge in [0.1, 0.15) is 5.82 Å². The summed E-state index contributed by atoms with van der Waals surface area (Å²) in [5.41, 5.74) is 7.48. The van der Waals surface area contributed by atoms with E-state index in [9.17, 15) is 4.79 Å². The fourth-order valence-corrected chi connectivity index (χ4v) is 3.95. The van der Waals surface area contributed by atoms with Crippen LogP contribution in [0.4, 0.5) is 0 Å². The molecule has 0 unspecified atom stereocenters. The predicted molar refractivity (Wildman–Crippen MR) is 109 cm³/mol. The maximum atomic E-state index is 11.1. The van der Waals surface area contributed by atoms with Gasteiger partial charge in [0.2, 0.25) is 17.6 Å². The van der Waals surface area contributed by atoms with Crippen LogP contribution in [0, 0.1) is 0 Å². The maximum Gasteiger partial charge on any atom is 0.237 e. The van der Waals surface area contributed by atoms with Crippen molar-refractivity contribution in [3.05, 3.63) is 41.5 Å². The number of amides is 1. The highest BCUT2D eigenvalue weighted by atomic mass is 32.2. The molecule has 0 radical (unpaired) electrons. The first kappa shape index (κ1) is 19.6. The van der Waals surface area contributed by atoms with E-state index >= 15 is 0 Å². The summed E-state index contributed by atoms with van der Waals surface area (Å²) in [6, 6.07) is 8.64. The number of aryl methyl sites for hydroxylation is 1. The lowest BCUT2D eigenvalue weighted by atomic mass is 10.0. The van der Waals surface area contributed by atoms with Gasteiger partial charge in [-0.05, 0) is 24.3 Å². The molecule has 0 aliphatic heterocycles. The van der Waals surface area contributed by atoms with Gasteiger partial charge in [-0.1, -0.05) is 55.0 Å². The third kappa shape index (κ3) is 4.67. The summed E-state index contributed by atoms with van der Waals surface area (Å²) in [5.74, 6) is 2.61.